The van der Waals surface area contributed by atoms with E-state index in [0.29, 0.717) is 5.41 Å². The van der Waals surface area contributed by atoms with Gasteiger partial charge in [-0.15, -0.1) is 6.58 Å². The Morgan fingerprint density at radius 2 is 2.08 bits per heavy atom. The molecule has 0 bridgehead atoms. The highest BCUT2D eigenvalue weighted by molar-refractivity contribution is 5.01. The second-order valence-electron chi connectivity index (χ2n) is 5.18. The topological polar surface area (TPSA) is 0 Å². The molecule has 3 unspecified atom stereocenters. The van der Waals surface area contributed by atoms with E-state index in [-0.39, 0.29) is 0 Å². The molecule has 0 aromatic carbocycles. The fourth-order valence-corrected chi connectivity index (χ4v) is 2.33. The first-order valence-electron chi connectivity index (χ1n) is 5.13. The van der Waals surface area contributed by atoms with Gasteiger partial charge in [-0.05, 0) is 36.0 Å². The molecule has 70 valence electrons. The van der Waals surface area contributed by atoms with E-state index in [1.54, 1.807) is 0 Å². The maximum Gasteiger partial charge on any atom is -0.0207 e. The summed E-state index contributed by atoms with van der Waals surface area (Å²) in [5.41, 5.74) is 0.515. The summed E-state index contributed by atoms with van der Waals surface area (Å²) in [6.07, 6.45) is 4.84. The van der Waals surface area contributed by atoms with Crippen LogP contribution in [0.5, 0.6) is 0 Å². The highest BCUT2D eigenvalue weighted by atomic mass is 14.5. The Hall–Kier alpha value is -0.260. The lowest BCUT2D eigenvalue weighted by atomic mass is 9.86. The maximum atomic E-state index is 3.91. The van der Waals surface area contributed by atoms with Crippen molar-refractivity contribution in [2.45, 2.75) is 40.5 Å². The molecule has 1 fully saturated rings. The van der Waals surface area contributed by atoms with Crippen LogP contribution >= 0.6 is 0 Å². The van der Waals surface area contributed by atoms with Crippen LogP contribution in [0.15, 0.2) is 12.7 Å². The molecule has 0 radical (unpaired) electrons. The summed E-state index contributed by atoms with van der Waals surface area (Å²) in [4.78, 5) is 0. The van der Waals surface area contributed by atoms with Crippen molar-refractivity contribution >= 4 is 0 Å². The molecule has 0 spiro atoms. The van der Waals surface area contributed by atoms with E-state index in [0.717, 1.165) is 17.8 Å². The van der Waals surface area contributed by atoms with Crippen molar-refractivity contribution in [2.75, 3.05) is 0 Å². The highest BCUT2D eigenvalue weighted by Crippen LogP contribution is 2.55. The zero-order valence-electron chi connectivity index (χ0n) is 8.93. The summed E-state index contributed by atoms with van der Waals surface area (Å²) in [5.74, 6) is 2.65. The van der Waals surface area contributed by atoms with E-state index in [1.165, 1.54) is 12.8 Å². The molecule has 0 heterocycles. The molecule has 1 saturated carbocycles. The van der Waals surface area contributed by atoms with Crippen LogP contribution in [-0.2, 0) is 0 Å². The number of hydrogen-bond donors (Lipinski definition) is 0. The average molecular weight is 166 g/mol. The van der Waals surface area contributed by atoms with Crippen molar-refractivity contribution in [1.82, 2.24) is 0 Å². The molecular formula is C12H22. The van der Waals surface area contributed by atoms with E-state index in [2.05, 4.69) is 40.3 Å². The van der Waals surface area contributed by atoms with Gasteiger partial charge >= 0.3 is 0 Å². The average Bonchev–Trinajstić information content (AvgIpc) is 2.68. The van der Waals surface area contributed by atoms with Crippen molar-refractivity contribution in [3.63, 3.8) is 0 Å². The summed E-state index contributed by atoms with van der Waals surface area (Å²) in [6.45, 7) is 13.2. The zero-order chi connectivity index (χ0) is 9.35. The molecule has 0 amide bonds. The van der Waals surface area contributed by atoms with Crippen molar-refractivity contribution < 1.29 is 0 Å². The Kier molecular flexibility index (Phi) is 2.65. The first-order chi connectivity index (χ1) is 5.50. The van der Waals surface area contributed by atoms with Crippen LogP contribution in [0.2, 0.25) is 0 Å². The van der Waals surface area contributed by atoms with E-state index < -0.39 is 0 Å². The minimum atomic E-state index is 0.515. The van der Waals surface area contributed by atoms with Crippen LogP contribution in [0, 0.1) is 23.2 Å². The summed E-state index contributed by atoms with van der Waals surface area (Å²) in [6, 6.07) is 0. The molecule has 0 saturated heterocycles. The third-order valence-corrected chi connectivity index (χ3v) is 3.28. The summed E-state index contributed by atoms with van der Waals surface area (Å²) >= 11 is 0. The van der Waals surface area contributed by atoms with Crippen molar-refractivity contribution in [3.8, 4) is 0 Å². The Balaban J connectivity index is 2.46. The van der Waals surface area contributed by atoms with Gasteiger partial charge in [0.1, 0.15) is 0 Å². The van der Waals surface area contributed by atoms with Crippen LogP contribution in [-0.4, -0.2) is 0 Å². The van der Waals surface area contributed by atoms with E-state index >= 15 is 0 Å². The van der Waals surface area contributed by atoms with Gasteiger partial charge in [-0.3, -0.25) is 0 Å². The van der Waals surface area contributed by atoms with Gasteiger partial charge in [-0.25, -0.2) is 0 Å². The van der Waals surface area contributed by atoms with Gasteiger partial charge in [0, 0.05) is 0 Å². The van der Waals surface area contributed by atoms with Gasteiger partial charge < -0.3 is 0 Å². The zero-order valence-corrected chi connectivity index (χ0v) is 8.93. The molecule has 0 aliphatic heterocycles. The lowest BCUT2D eigenvalue weighted by Crippen LogP contribution is -2.12. The van der Waals surface area contributed by atoms with Gasteiger partial charge in [-0.2, -0.15) is 0 Å². The van der Waals surface area contributed by atoms with Crippen LogP contribution in [0.25, 0.3) is 0 Å². The van der Waals surface area contributed by atoms with Crippen molar-refractivity contribution in [3.05, 3.63) is 12.7 Å². The molecule has 0 N–H and O–H groups in total. The molecule has 0 aromatic heterocycles. The summed E-state index contributed by atoms with van der Waals surface area (Å²) in [7, 11) is 0. The number of allylic oxidation sites excluding steroid dienone is 1. The molecular weight excluding hydrogens is 144 g/mol. The molecule has 1 aliphatic rings. The Bertz CT molecular complexity index is 161. The Morgan fingerprint density at radius 3 is 2.33 bits per heavy atom. The second kappa shape index (κ2) is 3.24. The lowest BCUT2D eigenvalue weighted by molar-refractivity contribution is 0.310. The van der Waals surface area contributed by atoms with Crippen molar-refractivity contribution in [1.29, 1.82) is 0 Å². The first-order valence-corrected chi connectivity index (χ1v) is 5.13. The SMILES string of the molecule is C=CC(CC)C1CC1C(C)(C)C. The molecule has 12 heavy (non-hydrogen) atoms. The fraction of sp³-hybridized carbons (Fsp3) is 0.833. The molecule has 1 rings (SSSR count). The summed E-state index contributed by atoms with van der Waals surface area (Å²) in [5, 5.41) is 0. The third kappa shape index (κ3) is 1.91. The van der Waals surface area contributed by atoms with Crippen LogP contribution in [0.4, 0.5) is 0 Å². The van der Waals surface area contributed by atoms with Gasteiger partial charge in [0.2, 0.25) is 0 Å². The lowest BCUT2D eigenvalue weighted by Gasteiger charge is -2.20. The third-order valence-electron chi connectivity index (χ3n) is 3.28. The molecule has 0 heteroatoms. The minimum Gasteiger partial charge on any atom is -0.103 e. The molecule has 3 atom stereocenters. The van der Waals surface area contributed by atoms with E-state index in [4.69, 9.17) is 0 Å². The monoisotopic (exact) mass is 166 g/mol. The normalized spacial score (nSPS) is 31.3. The molecule has 1 aliphatic carbocycles. The Labute approximate surface area is 77.1 Å². The molecule has 0 nitrogen and oxygen atoms in total. The quantitative estimate of drug-likeness (QED) is 0.558. The van der Waals surface area contributed by atoms with E-state index in [9.17, 15) is 0 Å². The summed E-state index contributed by atoms with van der Waals surface area (Å²) < 4.78 is 0. The van der Waals surface area contributed by atoms with Crippen LogP contribution in [0.1, 0.15) is 40.5 Å². The standard InChI is InChI=1S/C12H22/c1-6-9(7-2)10-8-11(10)12(3,4)5/h6,9-11H,1,7-8H2,2-5H3. The van der Waals surface area contributed by atoms with Crippen molar-refractivity contribution in [2.24, 2.45) is 23.2 Å². The maximum absolute atomic E-state index is 3.91. The predicted molar refractivity (Wildman–Crippen MR) is 55.0 cm³/mol. The highest BCUT2D eigenvalue weighted by Gasteiger charge is 2.47. The second-order valence-corrected chi connectivity index (χ2v) is 5.18. The minimum absolute atomic E-state index is 0.515. The van der Waals surface area contributed by atoms with Gasteiger partial charge in [0.25, 0.3) is 0 Å². The number of rotatable bonds is 3. The van der Waals surface area contributed by atoms with Crippen LogP contribution < -0.4 is 0 Å². The molecule has 0 aromatic rings. The van der Waals surface area contributed by atoms with Gasteiger partial charge in [0.15, 0.2) is 0 Å². The van der Waals surface area contributed by atoms with Gasteiger partial charge in [0.05, 0.1) is 0 Å². The Morgan fingerprint density at radius 1 is 1.50 bits per heavy atom. The van der Waals surface area contributed by atoms with Gasteiger partial charge in [-0.1, -0.05) is 33.8 Å². The predicted octanol–water partition coefficient (Wildman–Crippen LogP) is 3.88. The van der Waals surface area contributed by atoms with E-state index in [1.807, 2.05) is 0 Å². The first kappa shape index (κ1) is 9.83. The number of hydrogen-bond acceptors (Lipinski definition) is 0. The largest absolute Gasteiger partial charge is 0.103 e. The smallest absolute Gasteiger partial charge is 0.0207 e. The van der Waals surface area contributed by atoms with Crippen LogP contribution in [0.3, 0.4) is 0 Å². The fourth-order valence-electron chi connectivity index (χ4n) is 2.33.